The van der Waals surface area contributed by atoms with Crippen LogP contribution in [0.2, 0.25) is 17.6 Å². The molecule has 0 bridgehead atoms. The van der Waals surface area contributed by atoms with E-state index < -0.39 is 8.07 Å². The summed E-state index contributed by atoms with van der Waals surface area (Å²) >= 11 is 0. The quantitative estimate of drug-likeness (QED) is 0.479. The van der Waals surface area contributed by atoms with Crippen LogP contribution in [-0.2, 0) is 4.74 Å². The van der Waals surface area contributed by atoms with Gasteiger partial charge in [-0.15, -0.1) is 0 Å². The van der Waals surface area contributed by atoms with E-state index in [2.05, 4.69) is 70.3 Å². The Labute approximate surface area is 150 Å². The van der Waals surface area contributed by atoms with Crippen LogP contribution in [0.25, 0.3) is 6.08 Å². The van der Waals surface area contributed by atoms with Crippen LogP contribution in [0.1, 0.15) is 64.0 Å². The zero-order valence-electron chi connectivity index (χ0n) is 16.5. The summed E-state index contributed by atoms with van der Waals surface area (Å²) in [7, 11) is 0.457. The van der Waals surface area contributed by atoms with Gasteiger partial charge in [-0.3, -0.25) is 0 Å². The highest BCUT2D eigenvalue weighted by Crippen LogP contribution is 2.43. The van der Waals surface area contributed by atoms with Gasteiger partial charge in [-0.2, -0.15) is 0 Å². The summed E-state index contributed by atoms with van der Waals surface area (Å²) in [6, 6.07) is 9.23. The maximum atomic E-state index is 5.21. The van der Waals surface area contributed by atoms with Crippen molar-refractivity contribution in [2.75, 3.05) is 13.7 Å². The number of hydrogen-bond acceptors (Lipinski definition) is 1. The summed E-state index contributed by atoms with van der Waals surface area (Å²) in [6.07, 6.45) is 6.29. The molecule has 0 spiro atoms. The molecule has 0 heterocycles. The van der Waals surface area contributed by atoms with E-state index in [1.54, 1.807) is 7.11 Å². The Morgan fingerprint density at radius 3 is 2.42 bits per heavy atom. The van der Waals surface area contributed by atoms with E-state index in [0.29, 0.717) is 0 Å². The third kappa shape index (κ3) is 4.61. The molecule has 0 unspecified atom stereocenters. The van der Waals surface area contributed by atoms with Crippen LogP contribution in [0.3, 0.4) is 0 Å². The molecule has 0 radical (unpaired) electrons. The zero-order chi connectivity index (χ0) is 17.7. The molecule has 1 fully saturated rings. The van der Waals surface area contributed by atoms with Crippen LogP contribution < -0.4 is 0 Å². The minimum atomic E-state index is -1.35. The lowest BCUT2D eigenvalue weighted by atomic mass is 9.70. The summed E-state index contributed by atoms with van der Waals surface area (Å²) in [5.41, 5.74) is 7.05. The van der Waals surface area contributed by atoms with E-state index in [1.165, 1.54) is 30.4 Å². The summed E-state index contributed by atoms with van der Waals surface area (Å²) in [6.45, 7) is 13.0. The standard InChI is InChI=1S/C22H36OSi/c1-17(2)24(6,18(3)4)13-11-19-8-7-9-21(14-19)22-15-20(16-22)10-12-23-5/h7-9,11,13-14,17-18,20,22H,10,12,15-16H2,1-6H3/b13-11+. The highest BCUT2D eigenvalue weighted by atomic mass is 28.3. The molecule has 0 aliphatic heterocycles. The Morgan fingerprint density at radius 1 is 1.17 bits per heavy atom. The molecule has 0 amide bonds. The molecular weight excluding hydrogens is 308 g/mol. The molecule has 0 atom stereocenters. The molecule has 2 heteroatoms. The maximum Gasteiger partial charge on any atom is 0.0798 e. The molecule has 0 N–H and O–H groups in total. The first-order valence-electron chi connectivity index (χ1n) is 9.65. The molecule has 1 aromatic rings. The lowest BCUT2D eigenvalue weighted by Crippen LogP contribution is -2.35. The first-order chi connectivity index (χ1) is 11.4. The van der Waals surface area contributed by atoms with Gasteiger partial charge < -0.3 is 4.74 Å². The fourth-order valence-electron chi connectivity index (χ4n) is 3.77. The second kappa shape index (κ2) is 8.49. The highest BCUT2D eigenvalue weighted by Gasteiger charge is 2.32. The van der Waals surface area contributed by atoms with Crippen LogP contribution in [0.15, 0.2) is 30.0 Å². The molecule has 1 aromatic carbocycles. The normalized spacial score (nSPS) is 21.7. The van der Waals surface area contributed by atoms with Gasteiger partial charge >= 0.3 is 0 Å². The summed E-state index contributed by atoms with van der Waals surface area (Å²) in [4.78, 5) is 0. The summed E-state index contributed by atoms with van der Waals surface area (Å²) in [5, 5.41) is 0. The van der Waals surface area contributed by atoms with Crippen molar-refractivity contribution in [2.45, 2.75) is 70.5 Å². The van der Waals surface area contributed by atoms with E-state index in [-0.39, 0.29) is 0 Å². The van der Waals surface area contributed by atoms with Crippen molar-refractivity contribution in [3.63, 3.8) is 0 Å². The lowest BCUT2D eigenvalue weighted by Gasteiger charge is -2.36. The van der Waals surface area contributed by atoms with Crippen molar-refractivity contribution < 1.29 is 4.74 Å². The molecule has 1 aliphatic rings. The number of hydrogen-bond donors (Lipinski definition) is 0. The first kappa shape index (κ1) is 19.5. The van der Waals surface area contributed by atoms with Gasteiger partial charge in [-0.25, -0.2) is 0 Å². The van der Waals surface area contributed by atoms with Gasteiger partial charge in [0.25, 0.3) is 0 Å². The van der Waals surface area contributed by atoms with E-state index >= 15 is 0 Å². The lowest BCUT2D eigenvalue weighted by molar-refractivity contribution is 0.143. The van der Waals surface area contributed by atoms with Crippen LogP contribution in [0.4, 0.5) is 0 Å². The fraction of sp³-hybridized carbons (Fsp3) is 0.636. The van der Waals surface area contributed by atoms with E-state index in [1.807, 2.05) is 0 Å². The van der Waals surface area contributed by atoms with Crippen LogP contribution >= 0.6 is 0 Å². The highest BCUT2D eigenvalue weighted by molar-refractivity contribution is 6.86. The predicted octanol–water partition coefficient (Wildman–Crippen LogP) is 6.67. The van der Waals surface area contributed by atoms with Gasteiger partial charge in [0.2, 0.25) is 0 Å². The molecule has 0 saturated heterocycles. The molecule has 24 heavy (non-hydrogen) atoms. The van der Waals surface area contributed by atoms with Gasteiger partial charge in [0, 0.05) is 13.7 Å². The van der Waals surface area contributed by atoms with E-state index in [9.17, 15) is 0 Å². The minimum absolute atomic E-state index is 0.763. The van der Waals surface area contributed by atoms with E-state index in [0.717, 1.165) is 29.5 Å². The molecule has 0 aromatic heterocycles. The third-order valence-electron chi connectivity index (χ3n) is 6.47. The fourth-order valence-corrected chi connectivity index (χ4v) is 6.43. The first-order valence-corrected chi connectivity index (χ1v) is 12.4. The second-order valence-corrected chi connectivity index (χ2v) is 13.9. The molecule has 134 valence electrons. The zero-order valence-corrected chi connectivity index (χ0v) is 17.5. The molecular formula is C22H36OSi. The number of rotatable bonds is 8. The average Bonchev–Trinajstić information content (AvgIpc) is 2.51. The topological polar surface area (TPSA) is 9.23 Å². The minimum Gasteiger partial charge on any atom is -0.385 e. The summed E-state index contributed by atoms with van der Waals surface area (Å²) < 4.78 is 5.21. The molecule has 2 rings (SSSR count). The SMILES string of the molecule is COCCC1CC(c2cccc(/C=C/[Si](C)(C(C)C)C(C)C)c2)C1. The molecule has 1 nitrogen and oxygen atoms in total. The Hall–Kier alpha value is -0.863. The largest absolute Gasteiger partial charge is 0.385 e. The van der Waals surface area contributed by atoms with Crippen molar-refractivity contribution in [1.29, 1.82) is 0 Å². The van der Waals surface area contributed by atoms with Gasteiger partial charge in [0.1, 0.15) is 0 Å². The second-order valence-electron chi connectivity index (χ2n) is 8.49. The van der Waals surface area contributed by atoms with E-state index in [4.69, 9.17) is 4.74 Å². The van der Waals surface area contributed by atoms with Gasteiger partial charge in [-0.05, 0) is 53.3 Å². The third-order valence-corrected chi connectivity index (χ3v) is 12.3. The predicted molar refractivity (Wildman–Crippen MR) is 109 cm³/mol. The van der Waals surface area contributed by atoms with Crippen molar-refractivity contribution >= 4 is 14.1 Å². The Bertz CT molecular complexity index is 533. The monoisotopic (exact) mass is 344 g/mol. The van der Waals surface area contributed by atoms with Gasteiger partial charge in [0.15, 0.2) is 0 Å². The Kier molecular flexibility index (Phi) is 6.88. The van der Waals surface area contributed by atoms with Gasteiger partial charge in [-0.1, -0.05) is 70.3 Å². The van der Waals surface area contributed by atoms with Crippen LogP contribution in [0, 0.1) is 5.92 Å². The van der Waals surface area contributed by atoms with Crippen LogP contribution in [-0.4, -0.2) is 21.8 Å². The Morgan fingerprint density at radius 2 is 1.83 bits per heavy atom. The average molecular weight is 345 g/mol. The van der Waals surface area contributed by atoms with Gasteiger partial charge in [0.05, 0.1) is 8.07 Å². The number of benzene rings is 1. The number of ether oxygens (including phenoxy) is 1. The summed E-state index contributed by atoms with van der Waals surface area (Å²) in [5.74, 6) is 1.63. The van der Waals surface area contributed by atoms with Crippen molar-refractivity contribution in [2.24, 2.45) is 5.92 Å². The Balaban J connectivity index is 2.02. The van der Waals surface area contributed by atoms with Crippen molar-refractivity contribution in [3.05, 3.63) is 41.1 Å². The number of methoxy groups -OCH3 is 1. The molecule has 1 aliphatic carbocycles. The molecule has 1 saturated carbocycles. The maximum absolute atomic E-state index is 5.21. The smallest absolute Gasteiger partial charge is 0.0798 e. The van der Waals surface area contributed by atoms with Crippen molar-refractivity contribution in [3.8, 4) is 0 Å². The van der Waals surface area contributed by atoms with Crippen molar-refractivity contribution in [1.82, 2.24) is 0 Å². The van der Waals surface area contributed by atoms with Crippen LogP contribution in [0.5, 0.6) is 0 Å².